The summed E-state index contributed by atoms with van der Waals surface area (Å²) >= 11 is 0. The summed E-state index contributed by atoms with van der Waals surface area (Å²) in [5.74, 6) is 0.572. The van der Waals surface area contributed by atoms with Gasteiger partial charge in [0.25, 0.3) is 0 Å². The molecule has 3 aliphatic rings. The molecule has 1 atom stereocenters. The monoisotopic (exact) mass is 442 g/mol. The first kappa shape index (κ1) is 21.0. The molecule has 5 rings (SSSR count). The fourth-order valence-corrected chi connectivity index (χ4v) is 5.26. The number of ether oxygens (including phenoxy) is 1. The van der Waals surface area contributed by atoms with Crippen LogP contribution in [0.5, 0.6) is 5.75 Å². The number of hydrogen-bond donors (Lipinski definition) is 2. The zero-order valence-electron chi connectivity index (χ0n) is 18.6. The van der Waals surface area contributed by atoms with Gasteiger partial charge in [-0.1, -0.05) is 0 Å². The van der Waals surface area contributed by atoms with Crippen LogP contribution in [0.4, 0.5) is 5.69 Å². The molecule has 2 aromatic rings. The second kappa shape index (κ2) is 8.25. The number of benzene rings is 1. The number of piperidine rings is 1. The number of rotatable bonds is 5. The Kier molecular flexibility index (Phi) is 5.42. The topological polar surface area (TPSA) is 101 Å². The summed E-state index contributed by atoms with van der Waals surface area (Å²) in [6, 6.07) is 3.01. The van der Waals surface area contributed by atoms with Crippen LogP contribution in [-0.4, -0.2) is 78.8 Å². The molecule has 0 radical (unpaired) electrons. The van der Waals surface area contributed by atoms with Gasteiger partial charge in [0.2, 0.25) is 11.8 Å². The van der Waals surface area contributed by atoms with Crippen LogP contribution < -0.4 is 26.0 Å². The Balaban J connectivity index is 1.47. The first-order valence-electron chi connectivity index (χ1n) is 11.3. The zero-order chi connectivity index (χ0) is 22.4. The quantitative estimate of drug-likeness (QED) is 0.612. The lowest BCUT2D eigenvalue weighted by molar-refractivity contribution is -0.135. The first-order valence-corrected chi connectivity index (χ1v) is 11.3. The number of fused-ring (bicyclic) bond motifs is 1. The van der Waals surface area contributed by atoms with E-state index in [0.29, 0.717) is 23.6 Å². The molecule has 1 aromatic heterocycles. The van der Waals surface area contributed by atoms with Gasteiger partial charge in [-0.05, 0) is 18.6 Å². The molecule has 0 spiro atoms. The van der Waals surface area contributed by atoms with Gasteiger partial charge in [-0.15, -0.1) is 0 Å². The molecule has 0 aliphatic carbocycles. The molecule has 1 unspecified atom stereocenters. The molecule has 32 heavy (non-hydrogen) atoms. The largest absolute Gasteiger partial charge is 0.494 e. The van der Waals surface area contributed by atoms with Crippen LogP contribution in [0.25, 0.3) is 11.0 Å². The van der Waals surface area contributed by atoms with Gasteiger partial charge in [-0.3, -0.25) is 24.0 Å². The highest BCUT2D eigenvalue weighted by molar-refractivity contribution is 6.01. The van der Waals surface area contributed by atoms with Gasteiger partial charge in [0.1, 0.15) is 17.5 Å². The van der Waals surface area contributed by atoms with Crippen LogP contribution in [0.1, 0.15) is 18.9 Å². The Hall–Kier alpha value is -2.85. The number of aromatic nitrogens is 2. The van der Waals surface area contributed by atoms with Crippen molar-refractivity contribution < 1.29 is 14.3 Å². The summed E-state index contributed by atoms with van der Waals surface area (Å²) < 4.78 is 8.79. The Morgan fingerprint density at radius 3 is 2.56 bits per heavy atom. The number of anilines is 1. The number of piperazine rings is 1. The van der Waals surface area contributed by atoms with Crippen molar-refractivity contribution in [2.24, 2.45) is 13.0 Å². The molecule has 2 amide bonds. The molecule has 3 saturated heterocycles. The average molecular weight is 443 g/mol. The van der Waals surface area contributed by atoms with Crippen LogP contribution in [0, 0.1) is 5.92 Å². The van der Waals surface area contributed by atoms with E-state index in [1.807, 2.05) is 12.1 Å². The number of aryl methyl sites for hydroxylation is 1. The van der Waals surface area contributed by atoms with Gasteiger partial charge in [0.05, 0.1) is 18.1 Å². The molecule has 1 aromatic carbocycles. The average Bonchev–Trinajstić information content (AvgIpc) is 3.01. The van der Waals surface area contributed by atoms with E-state index in [9.17, 15) is 14.4 Å². The molecular formula is C22H30N6O4. The van der Waals surface area contributed by atoms with Gasteiger partial charge in [-0.2, -0.15) is 0 Å². The van der Waals surface area contributed by atoms with Crippen LogP contribution in [-0.2, 0) is 16.6 Å². The number of amides is 2. The molecule has 10 nitrogen and oxygen atoms in total. The van der Waals surface area contributed by atoms with Gasteiger partial charge in [0.15, 0.2) is 0 Å². The maximum Gasteiger partial charge on any atom is 0.329 e. The number of imidazole rings is 1. The number of methoxy groups -OCH3 is 1. The summed E-state index contributed by atoms with van der Waals surface area (Å²) in [4.78, 5) is 42.1. The maximum absolute atomic E-state index is 13.2. The molecular weight excluding hydrogens is 412 g/mol. The molecule has 3 aliphatic heterocycles. The third kappa shape index (κ3) is 3.47. The van der Waals surface area contributed by atoms with Crippen molar-refractivity contribution in [3.05, 3.63) is 22.6 Å². The minimum Gasteiger partial charge on any atom is -0.494 e. The minimum absolute atomic E-state index is 0.224. The van der Waals surface area contributed by atoms with Crippen molar-refractivity contribution in [2.45, 2.75) is 18.9 Å². The zero-order valence-corrected chi connectivity index (χ0v) is 18.6. The summed E-state index contributed by atoms with van der Waals surface area (Å²) in [6.45, 7) is 7.12. The van der Waals surface area contributed by atoms with Crippen molar-refractivity contribution in [3.63, 3.8) is 0 Å². The predicted octanol–water partition coefficient (Wildman–Crippen LogP) is -0.332. The SMILES string of the molecule is COc1ccc2c(c1N1CC(CN3CCNCC3)C1)n(C)c(=O)n2C1CCC(=O)NC1=O. The number of imide groups is 1. The van der Waals surface area contributed by atoms with Crippen molar-refractivity contribution in [1.29, 1.82) is 0 Å². The summed E-state index contributed by atoms with van der Waals surface area (Å²) in [5, 5.41) is 5.75. The fraction of sp³-hybridized carbons (Fsp3) is 0.591. The Morgan fingerprint density at radius 1 is 1.12 bits per heavy atom. The summed E-state index contributed by atoms with van der Waals surface area (Å²) in [5.41, 5.74) is 2.09. The highest BCUT2D eigenvalue weighted by Crippen LogP contribution is 2.40. The van der Waals surface area contributed by atoms with Gasteiger partial charge in [-0.25, -0.2) is 4.79 Å². The highest BCUT2D eigenvalue weighted by atomic mass is 16.5. The minimum atomic E-state index is -0.693. The smallest absolute Gasteiger partial charge is 0.329 e. The molecule has 10 heteroatoms. The molecule has 2 N–H and O–H groups in total. The molecule has 0 bridgehead atoms. The third-order valence-corrected chi connectivity index (χ3v) is 6.92. The van der Waals surface area contributed by atoms with Crippen molar-refractivity contribution >= 4 is 28.5 Å². The highest BCUT2D eigenvalue weighted by Gasteiger charge is 2.35. The standard InChI is InChI=1S/C22H30N6O4/c1-25-19-15(28(22(25)31)16-4-6-18(29)24-21(16)30)3-5-17(32-2)20(19)27-12-14(13-27)11-26-9-7-23-8-10-26/h3,5,14,16,23H,4,6-13H2,1-2H3,(H,24,29,30). The maximum atomic E-state index is 13.2. The van der Waals surface area contributed by atoms with E-state index in [4.69, 9.17) is 4.74 Å². The van der Waals surface area contributed by atoms with Crippen molar-refractivity contribution in [1.82, 2.24) is 24.7 Å². The first-order chi connectivity index (χ1) is 15.5. The van der Waals surface area contributed by atoms with E-state index >= 15 is 0 Å². The van der Waals surface area contributed by atoms with Crippen LogP contribution in [0.15, 0.2) is 16.9 Å². The van der Waals surface area contributed by atoms with Crippen molar-refractivity contribution in [2.75, 3.05) is 57.8 Å². The normalized spacial score (nSPS) is 22.8. The van der Waals surface area contributed by atoms with Gasteiger partial charge in [0, 0.05) is 65.2 Å². The van der Waals surface area contributed by atoms with E-state index in [1.165, 1.54) is 4.57 Å². The summed E-state index contributed by atoms with van der Waals surface area (Å²) in [7, 11) is 3.37. The number of nitrogens with zero attached hydrogens (tertiary/aromatic N) is 4. The molecule has 0 saturated carbocycles. The van der Waals surface area contributed by atoms with Gasteiger partial charge < -0.3 is 19.9 Å². The third-order valence-electron chi connectivity index (χ3n) is 6.92. The lowest BCUT2D eigenvalue weighted by Crippen LogP contribution is -2.54. The second-order valence-corrected chi connectivity index (χ2v) is 8.98. The lowest BCUT2D eigenvalue weighted by Gasteiger charge is -2.44. The Morgan fingerprint density at radius 2 is 1.88 bits per heavy atom. The molecule has 172 valence electrons. The second-order valence-electron chi connectivity index (χ2n) is 8.98. The van der Waals surface area contributed by atoms with E-state index in [2.05, 4.69) is 20.4 Å². The number of carbonyl (C=O) groups is 2. The van der Waals surface area contributed by atoms with Gasteiger partial charge >= 0.3 is 5.69 Å². The molecule has 3 fully saturated rings. The lowest BCUT2D eigenvalue weighted by atomic mass is 9.97. The van der Waals surface area contributed by atoms with E-state index in [1.54, 1.807) is 18.7 Å². The van der Waals surface area contributed by atoms with E-state index < -0.39 is 11.9 Å². The Bertz CT molecular complexity index is 1110. The van der Waals surface area contributed by atoms with Crippen molar-refractivity contribution in [3.8, 4) is 5.75 Å². The summed E-state index contributed by atoms with van der Waals surface area (Å²) in [6.07, 6.45) is 0.545. The van der Waals surface area contributed by atoms with E-state index in [0.717, 1.165) is 57.0 Å². The van der Waals surface area contributed by atoms with Crippen LogP contribution in [0.2, 0.25) is 0 Å². The number of hydrogen-bond acceptors (Lipinski definition) is 7. The Labute approximate surface area is 186 Å². The number of carbonyl (C=O) groups excluding carboxylic acids is 2. The fourth-order valence-electron chi connectivity index (χ4n) is 5.26. The number of nitrogens with one attached hydrogen (secondary N) is 2. The predicted molar refractivity (Wildman–Crippen MR) is 120 cm³/mol. The van der Waals surface area contributed by atoms with Crippen LogP contribution >= 0.6 is 0 Å². The van der Waals surface area contributed by atoms with Crippen LogP contribution in [0.3, 0.4) is 0 Å². The van der Waals surface area contributed by atoms with E-state index in [-0.39, 0.29) is 18.0 Å². The molecule has 4 heterocycles.